The van der Waals surface area contributed by atoms with Gasteiger partial charge in [0.25, 0.3) is 5.89 Å². The van der Waals surface area contributed by atoms with Crippen molar-refractivity contribution < 1.29 is 4.52 Å². The van der Waals surface area contributed by atoms with Crippen LogP contribution in [0.1, 0.15) is 22.6 Å². The van der Waals surface area contributed by atoms with Gasteiger partial charge in [0.15, 0.2) is 11.5 Å². The number of aryl methyl sites for hydroxylation is 1. The minimum absolute atomic E-state index is 0.414. The highest BCUT2D eigenvalue weighted by Crippen LogP contribution is 2.32. The van der Waals surface area contributed by atoms with Crippen LogP contribution in [0.15, 0.2) is 94.7 Å². The summed E-state index contributed by atoms with van der Waals surface area (Å²) in [6.07, 6.45) is 1.81. The second-order valence-electron chi connectivity index (χ2n) is 7.69. The van der Waals surface area contributed by atoms with E-state index in [9.17, 15) is 0 Å². The lowest BCUT2D eigenvalue weighted by molar-refractivity contribution is 0.424. The Kier molecular flexibility index (Phi) is 4.28. The fourth-order valence-corrected chi connectivity index (χ4v) is 4.13. The third-order valence-electron chi connectivity index (χ3n) is 5.65. The second-order valence-corrected chi connectivity index (χ2v) is 7.69. The monoisotopic (exact) mass is 417 g/mol. The van der Waals surface area contributed by atoms with Crippen LogP contribution in [-0.4, -0.2) is 25.4 Å². The lowest BCUT2D eigenvalue weighted by Gasteiger charge is -2.14. The lowest BCUT2D eigenvalue weighted by Crippen LogP contribution is -2.07. The summed E-state index contributed by atoms with van der Waals surface area (Å²) in [5.41, 5.74) is 8.01. The normalized spacial score (nSPS) is 12.6. The largest absolute Gasteiger partial charge is 0.332 e. The van der Waals surface area contributed by atoms with Crippen molar-refractivity contribution in [1.29, 1.82) is 0 Å². The Bertz CT molecular complexity index is 1450. The molecule has 0 unspecified atom stereocenters. The van der Waals surface area contributed by atoms with Crippen molar-refractivity contribution in [3.8, 4) is 28.4 Å². The van der Waals surface area contributed by atoms with Crippen molar-refractivity contribution in [2.45, 2.75) is 13.5 Å². The van der Waals surface area contributed by atoms with Crippen molar-refractivity contribution >= 4 is 5.71 Å². The molecule has 6 rings (SSSR count). The van der Waals surface area contributed by atoms with Gasteiger partial charge in [0.2, 0.25) is 0 Å². The molecule has 5 aromatic rings. The summed E-state index contributed by atoms with van der Waals surface area (Å²) < 4.78 is 7.49. The average molecular weight is 417 g/mol. The SMILES string of the molecule is Cc1noc(-c2ncn3c2CN=C(c2ccccc2)c2cc(-c4ccccc4)ccc2-3)n1. The second kappa shape index (κ2) is 7.42. The minimum atomic E-state index is 0.414. The van der Waals surface area contributed by atoms with Gasteiger partial charge in [-0.15, -0.1) is 0 Å². The first-order valence-corrected chi connectivity index (χ1v) is 10.4. The van der Waals surface area contributed by atoms with E-state index in [1.807, 2.05) is 30.6 Å². The summed E-state index contributed by atoms with van der Waals surface area (Å²) in [5.74, 6) is 0.994. The maximum absolute atomic E-state index is 5.41. The van der Waals surface area contributed by atoms with E-state index in [0.717, 1.165) is 33.8 Å². The number of imidazole rings is 1. The van der Waals surface area contributed by atoms with Gasteiger partial charge in [0.1, 0.15) is 6.33 Å². The highest BCUT2D eigenvalue weighted by Gasteiger charge is 2.24. The standard InChI is InChI=1S/C26H19N5O/c1-17-29-26(32-30-17)25-23-15-27-24(19-10-6-3-7-11-19)21-14-20(18-8-4-2-5-9-18)12-13-22(21)31(23)16-28-25/h2-14,16H,15H2,1H3. The molecule has 0 saturated carbocycles. The van der Waals surface area contributed by atoms with E-state index in [-0.39, 0.29) is 0 Å². The molecule has 6 nitrogen and oxygen atoms in total. The van der Waals surface area contributed by atoms with Crippen molar-refractivity contribution in [3.63, 3.8) is 0 Å². The topological polar surface area (TPSA) is 69.1 Å². The van der Waals surface area contributed by atoms with Crippen LogP contribution in [0, 0.1) is 6.92 Å². The Hall–Kier alpha value is -4.32. The predicted octanol–water partition coefficient (Wildman–Crippen LogP) is 5.25. The molecule has 0 N–H and O–H groups in total. The third kappa shape index (κ3) is 3.04. The van der Waals surface area contributed by atoms with Gasteiger partial charge in [-0.1, -0.05) is 71.9 Å². The van der Waals surface area contributed by atoms with E-state index >= 15 is 0 Å². The molecule has 0 bridgehead atoms. The molecule has 0 aliphatic carbocycles. The molecule has 1 aliphatic heterocycles. The molecule has 154 valence electrons. The molecule has 6 heteroatoms. The Morgan fingerprint density at radius 2 is 1.59 bits per heavy atom. The number of aromatic nitrogens is 4. The van der Waals surface area contributed by atoms with Crippen molar-refractivity contribution in [1.82, 2.24) is 19.7 Å². The zero-order valence-electron chi connectivity index (χ0n) is 17.4. The van der Waals surface area contributed by atoms with E-state index in [0.29, 0.717) is 24.0 Å². The molecule has 32 heavy (non-hydrogen) atoms. The number of benzene rings is 3. The molecule has 0 amide bonds. The van der Waals surface area contributed by atoms with Crippen LogP contribution >= 0.6 is 0 Å². The van der Waals surface area contributed by atoms with Gasteiger partial charge in [0, 0.05) is 11.1 Å². The van der Waals surface area contributed by atoms with E-state index in [1.54, 1.807) is 6.92 Å². The highest BCUT2D eigenvalue weighted by atomic mass is 16.5. The maximum atomic E-state index is 5.41. The van der Waals surface area contributed by atoms with Crippen LogP contribution in [0.2, 0.25) is 0 Å². The first kappa shape index (κ1) is 18.4. The molecule has 0 radical (unpaired) electrons. The first-order chi connectivity index (χ1) is 15.8. The summed E-state index contributed by atoms with van der Waals surface area (Å²) in [5, 5.41) is 3.93. The Morgan fingerprint density at radius 3 is 2.31 bits per heavy atom. The maximum Gasteiger partial charge on any atom is 0.278 e. The average Bonchev–Trinajstić information content (AvgIpc) is 3.42. The third-order valence-corrected chi connectivity index (χ3v) is 5.65. The van der Waals surface area contributed by atoms with Gasteiger partial charge in [-0.2, -0.15) is 4.98 Å². The highest BCUT2D eigenvalue weighted by molar-refractivity contribution is 6.15. The fraction of sp³-hybridized carbons (Fsp3) is 0.0769. The Balaban J connectivity index is 1.58. The van der Waals surface area contributed by atoms with Gasteiger partial charge in [-0.25, -0.2) is 4.98 Å². The van der Waals surface area contributed by atoms with Crippen LogP contribution in [0.4, 0.5) is 0 Å². The molecule has 3 heterocycles. The number of rotatable bonds is 3. The fourth-order valence-electron chi connectivity index (χ4n) is 4.13. The Morgan fingerprint density at radius 1 is 0.844 bits per heavy atom. The number of hydrogen-bond acceptors (Lipinski definition) is 5. The van der Waals surface area contributed by atoms with E-state index in [4.69, 9.17) is 9.52 Å². The lowest BCUT2D eigenvalue weighted by atomic mass is 9.96. The van der Waals surface area contributed by atoms with Gasteiger partial charge in [-0.05, 0) is 30.2 Å². The first-order valence-electron chi connectivity index (χ1n) is 10.4. The van der Waals surface area contributed by atoms with E-state index in [2.05, 4.69) is 74.3 Å². The molecular formula is C26H19N5O. The van der Waals surface area contributed by atoms with Crippen LogP contribution in [0.25, 0.3) is 28.4 Å². The number of nitrogens with zero attached hydrogens (tertiary/aromatic N) is 5. The zero-order valence-corrected chi connectivity index (χ0v) is 17.4. The van der Waals surface area contributed by atoms with Gasteiger partial charge in [0.05, 0.1) is 23.6 Å². The summed E-state index contributed by atoms with van der Waals surface area (Å²) in [6, 6.07) is 27.2. The zero-order chi connectivity index (χ0) is 21.5. The Labute approximate surface area is 184 Å². The molecule has 3 aromatic carbocycles. The summed E-state index contributed by atoms with van der Waals surface area (Å²) >= 11 is 0. The molecular weight excluding hydrogens is 398 g/mol. The van der Waals surface area contributed by atoms with Crippen LogP contribution in [0.5, 0.6) is 0 Å². The van der Waals surface area contributed by atoms with Crippen molar-refractivity contribution in [2.75, 3.05) is 0 Å². The molecule has 2 aromatic heterocycles. The molecule has 0 atom stereocenters. The summed E-state index contributed by atoms with van der Waals surface area (Å²) in [6.45, 7) is 2.25. The van der Waals surface area contributed by atoms with Crippen molar-refractivity contribution in [2.24, 2.45) is 4.99 Å². The molecule has 1 aliphatic rings. The summed E-state index contributed by atoms with van der Waals surface area (Å²) in [4.78, 5) is 14.0. The van der Waals surface area contributed by atoms with Gasteiger partial charge >= 0.3 is 0 Å². The summed E-state index contributed by atoms with van der Waals surface area (Å²) in [7, 11) is 0. The predicted molar refractivity (Wildman–Crippen MR) is 123 cm³/mol. The number of aliphatic imine (C=N–C) groups is 1. The van der Waals surface area contributed by atoms with Gasteiger partial charge in [-0.3, -0.25) is 9.56 Å². The van der Waals surface area contributed by atoms with Crippen LogP contribution in [0.3, 0.4) is 0 Å². The van der Waals surface area contributed by atoms with E-state index < -0.39 is 0 Å². The van der Waals surface area contributed by atoms with Crippen molar-refractivity contribution in [3.05, 3.63) is 108 Å². The smallest absolute Gasteiger partial charge is 0.278 e. The van der Waals surface area contributed by atoms with Crippen LogP contribution in [-0.2, 0) is 6.54 Å². The van der Waals surface area contributed by atoms with Crippen LogP contribution < -0.4 is 0 Å². The molecule has 0 spiro atoms. The molecule has 0 saturated heterocycles. The van der Waals surface area contributed by atoms with E-state index in [1.165, 1.54) is 5.56 Å². The minimum Gasteiger partial charge on any atom is -0.332 e. The molecule has 0 fully saturated rings. The number of fused-ring (bicyclic) bond motifs is 3. The quantitative estimate of drug-likeness (QED) is 0.402. The van der Waals surface area contributed by atoms with Gasteiger partial charge < -0.3 is 4.52 Å². The number of hydrogen-bond donors (Lipinski definition) is 0.